The van der Waals surface area contributed by atoms with Gasteiger partial charge >= 0.3 is 6.09 Å². The van der Waals surface area contributed by atoms with E-state index in [0.29, 0.717) is 60.1 Å². The molecule has 0 unspecified atom stereocenters. The van der Waals surface area contributed by atoms with Gasteiger partial charge in [-0.3, -0.25) is 4.72 Å². The lowest BCUT2D eigenvalue weighted by atomic mass is 10.0. The van der Waals surface area contributed by atoms with Crippen LogP contribution >= 0.6 is 0 Å². The van der Waals surface area contributed by atoms with Crippen LogP contribution < -0.4 is 14.4 Å². The Balaban J connectivity index is 1.52. The number of anilines is 2. The van der Waals surface area contributed by atoms with E-state index in [-0.39, 0.29) is 16.7 Å². The summed E-state index contributed by atoms with van der Waals surface area (Å²) in [4.78, 5) is 28.1. The third-order valence-electron chi connectivity index (χ3n) is 7.02. The first-order chi connectivity index (χ1) is 21.9. The number of ether oxygens (including phenoxy) is 2. The van der Waals surface area contributed by atoms with E-state index >= 15 is 0 Å². The molecule has 4 aromatic rings. The Morgan fingerprint density at radius 1 is 0.936 bits per heavy atom. The van der Waals surface area contributed by atoms with Gasteiger partial charge < -0.3 is 19.3 Å². The van der Waals surface area contributed by atoms with Gasteiger partial charge in [0.2, 0.25) is 20.9 Å². The number of hydrogen-bond acceptors (Lipinski definition) is 11. The summed E-state index contributed by atoms with van der Waals surface area (Å²) in [6, 6.07) is 8.47. The summed E-state index contributed by atoms with van der Waals surface area (Å²) in [5.41, 5.74) is 0.507. The predicted octanol–water partition coefficient (Wildman–Crippen LogP) is 4.24. The molecule has 0 atom stereocenters. The molecule has 250 valence electrons. The van der Waals surface area contributed by atoms with Crippen LogP contribution in [0.15, 0.2) is 58.7 Å². The second-order valence-electron chi connectivity index (χ2n) is 11.7. The van der Waals surface area contributed by atoms with Crippen LogP contribution in [-0.2, 0) is 24.6 Å². The van der Waals surface area contributed by atoms with Crippen LogP contribution in [-0.4, -0.2) is 87.9 Å². The van der Waals surface area contributed by atoms with E-state index in [2.05, 4.69) is 19.7 Å². The van der Waals surface area contributed by atoms with Crippen molar-refractivity contribution in [2.45, 2.75) is 36.4 Å². The maximum absolute atomic E-state index is 14.4. The molecular formula is C30H32F2N6O7S2. The normalized spacial score (nSPS) is 14.3. The van der Waals surface area contributed by atoms with Crippen LogP contribution in [0.4, 0.5) is 25.1 Å². The van der Waals surface area contributed by atoms with Crippen molar-refractivity contribution in [3.63, 3.8) is 0 Å². The number of sulfonamides is 1. The number of sulfone groups is 1. The zero-order chi connectivity index (χ0) is 34.3. The number of piperazine rings is 1. The number of carbonyl (C=O) groups is 1. The number of halogens is 2. The molecule has 1 amide bonds. The number of nitrogens with one attached hydrogen (secondary N) is 1. The molecule has 47 heavy (non-hydrogen) atoms. The Bertz CT molecular complexity index is 2080. The van der Waals surface area contributed by atoms with Gasteiger partial charge in [-0.25, -0.2) is 45.4 Å². The molecule has 1 aliphatic rings. The molecule has 1 saturated heterocycles. The van der Waals surface area contributed by atoms with Crippen LogP contribution in [0.3, 0.4) is 0 Å². The average molecular weight is 691 g/mol. The maximum atomic E-state index is 14.4. The summed E-state index contributed by atoms with van der Waals surface area (Å²) in [7, 11) is -7.03. The minimum absolute atomic E-state index is 0.106. The van der Waals surface area contributed by atoms with Gasteiger partial charge in [-0.15, -0.1) is 0 Å². The molecule has 0 bridgehead atoms. The Morgan fingerprint density at radius 2 is 1.64 bits per heavy atom. The first-order valence-electron chi connectivity index (χ1n) is 14.2. The predicted molar refractivity (Wildman–Crippen MR) is 170 cm³/mol. The zero-order valence-corrected chi connectivity index (χ0v) is 27.7. The van der Waals surface area contributed by atoms with Crippen molar-refractivity contribution in [1.82, 2.24) is 19.9 Å². The highest BCUT2D eigenvalue weighted by atomic mass is 32.2. The highest BCUT2D eigenvalue weighted by Gasteiger charge is 2.29. The molecule has 17 heteroatoms. The van der Waals surface area contributed by atoms with Crippen molar-refractivity contribution in [2.24, 2.45) is 0 Å². The Kier molecular flexibility index (Phi) is 8.98. The number of methoxy groups -OCH3 is 1. The van der Waals surface area contributed by atoms with Crippen LogP contribution in [0.25, 0.3) is 22.0 Å². The van der Waals surface area contributed by atoms with Crippen LogP contribution in [0.2, 0.25) is 0 Å². The van der Waals surface area contributed by atoms with Gasteiger partial charge in [0, 0.05) is 55.6 Å². The molecule has 2 aromatic heterocycles. The van der Waals surface area contributed by atoms with E-state index < -0.39 is 48.1 Å². The molecule has 2 aromatic carbocycles. The van der Waals surface area contributed by atoms with Gasteiger partial charge in [0.15, 0.2) is 0 Å². The monoisotopic (exact) mass is 690 g/mol. The molecule has 0 aliphatic carbocycles. The topological polar surface area (TPSA) is 161 Å². The second kappa shape index (κ2) is 12.5. The lowest BCUT2D eigenvalue weighted by Crippen LogP contribution is -2.50. The number of aromatic nitrogens is 3. The van der Waals surface area contributed by atoms with Crippen molar-refractivity contribution >= 4 is 48.4 Å². The SMILES string of the molecule is COc1ncc(-c2ccc3nc(S(C)(=O)=O)nc(N4CCN(C(=O)OC(C)(C)C)CC4)c3c2)cc1NS(=O)(=O)c1ccc(F)cc1F. The molecule has 1 aliphatic heterocycles. The van der Waals surface area contributed by atoms with Crippen molar-refractivity contribution in [1.29, 1.82) is 0 Å². The molecule has 0 spiro atoms. The minimum atomic E-state index is -4.52. The molecule has 0 saturated carbocycles. The second-order valence-corrected chi connectivity index (χ2v) is 15.3. The fraction of sp³-hybridized carbons (Fsp3) is 0.333. The molecule has 1 N–H and O–H groups in total. The van der Waals surface area contributed by atoms with Crippen molar-refractivity contribution in [3.8, 4) is 17.0 Å². The van der Waals surface area contributed by atoms with Crippen molar-refractivity contribution in [3.05, 3.63) is 60.3 Å². The fourth-order valence-corrected chi connectivity index (χ4v) is 6.47. The lowest BCUT2D eigenvalue weighted by Gasteiger charge is -2.36. The number of amides is 1. The van der Waals surface area contributed by atoms with Gasteiger partial charge in [0.05, 0.1) is 12.6 Å². The third kappa shape index (κ3) is 7.51. The zero-order valence-electron chi connectivity index (χ0n) is 26.1. The summed E-state index contributed by atoms with van der Waals surface area (Å²) in [5.74, 6) is -1.99. The standard InChI is InChI=1S/C30H32F2N6O7S2/c1-30(2,3)45-29(39)38-12-10-37(11-13-38)26-21-14-18(6-8-23(21)34-28(35-26)46(5,40)41)19-15-24(27(44-4)33-17-19)36-47(42,43)25-9-7-20(31)16-22(25)32/h6-9,14-17,36H,10-13H2,1-5H3. The Morgan fingerprint density at radius 3 is 2.26 bits per heavy atom. The lowest BCUT2D eigenvalue weighted by molar-refractivity contribution is 0.0240. The minimum Gasteiger partial charge on any atom is -0.480 e. The van der Waals surface area contributed by atoms with E-state index in [4.69, 9.17) is 9.47 Å². The summed E-state index contributed by atoms with van der Waals surface area (Å²) < 4.78 is 91.8. The highest BCUT2D eigenvalue weighted by molar-refractivity contribution is 7.92. The van der Waals surface area contributed by atoms with Crippen LogP contribution in [0.1, 0.15) is 20.8 Å². The first kappa shape index (κ1) is 33.7. The molecule has 3 heterocycles. The summed E-state index contributed by atoms with van der Waals surface area (Å²) in [6.07, 6.45) is 1.99. The van der Waals surface area contributed by atoms with Gasteiger partial charge in [-0.1, -0.05) is 6.07 Å². The summed E-state index contributed by atoms with van der Waals surface area (Å²) >= 11 is 0. The molecular weight excluding hydrogens is 658 g/mol. The van der Waals surface area contributed by atoms with Gasteiger partial charge in [0.1, 0.15) is 33.6 Å². The van der Waals surface area contributed by atoms with E-state index in [1.165, 1.54) is 19.4 Å². The summed E-state index contributed by atoms with van der Waals surface area (Å²) in [5, 5.41) is 0.130. The van der Waals surface area contributed by atoms with E-state index in [9.17, 15) is 30.4 Å². The number of fused-ring (bicyclic) bond motifs is 1. The van der Waals surface area contributed by atoms with Gasteiger partial charge in [-0.2, -0.15) is 0 Å². The van der Waals surface area contributed by atoms with E-state index in [0.717, 1.165) is 18.4 Å². The molecule has 13 nitrogen and oxygen atoms in total. The molecule has 0 radical (unpaired) electrons. The number of pyridine rings is 1. The number of hydrogen-bond donors (Lipinski definition) is 1. The van der Waals surface area contributed by atoms with Crippen LogP contribution in [0.5, 0.6) is 5.88 Å². The van der Waals surface area contributed by atoms with Crippen molar-refractivity contribution < 1.29 is 39.9 Å². The van der Waals surface area contributed by atoms with Gasteiger partial charge in [0.25, 0.3) is 10.0 Å². The fourth-order valence-electron chi connectivity index (χ4n) is 4.84. The number of carbonyl (C=O) groups excluding carboxylic acids is 1. The van der Waals surface area contributed by atoms with Crippen molar-refractivity contribution in [2.75, 3.05) is 49.2 Å². The van der Waals surface area contributed by atoms with Crippen LogP contribution in [0, 0.1) is 11.6 Å². The maximum Gasteiger partial charge on any atom is 0.410 e. The largest absolute Gasteiger partial charge is 0.480 e. The molecule has 1 fully saturated rings. The quantitative estimate of drug-likeness (QED) is 0.276. The number of benzene rings is 2. The number of nitrogens with zero attached hydrogens (tertiary/aromatic N) is 5. The number of rotatable bonds is 7. The Labute approximate surface area is 270 Å². The average Bonchev–Trinajstić information content (AvgIpc) is 2.98. The smallest absolute Gasteiger partial charge is 0.410 e. The first-order valence-corrected chi connectivity index (χ1v) is 17.6. The highest BCUT2D eigenvalue weighted by Crippen LogP contribution is 2.34. The molecule has 5 rings (SSSR count). The van der Waals surface area contributed by atoms with Gasteiger partial charge in [-0.05, 0) is 56.7 Å². The van der Waals surface area contributed by atoms with E-state index in [1.54, 1.807) is 43.9 Å². The summed E-state index contributed by atoms with van der Waals surface area (Å²) in [6.45, 7) is 6.59. The third-order valence-corrected chi connectivity index (χ3v) is 9.27. The Hall–Kier alpha value is -4.64. The van der Waals surface area contributed by atoms with E-state index in [1.807, 2.05) is 4.90 Å².